The number of amides is 4. The highest BCUT2D eigenvalue weighted by atomic mass is 16.5. The molecule has 0 saturated heterocycles. The number of carboxylic acids is 2. The number of azide groups is 1. The highest BCUT2D eigenvalue weighted by Gasteiger charge is 2.31. The van der Waals surface area contributed by atoms with E-state index < -0.39 is 66.5 Å². The van der Waals surface area contributed by atoms with Crippen molar-refractivity contribution in [2.24, 2.45) is 11.0 Å². The summed E-state index contributed by atoms with van der Waals surface area (Å²) in [7, 11) is 0. The molecule has 0 heterocycles. The summed E-state index contributed by atoms with van der Waals surface area (Å²) in [5.41, 5.74) is 8.16. The number of hydrogen-bond donors (Lipinski definition) is 6. The summed E-state index contributed by atoms with van der Waals surface area (Å²) < 4.78 is 10.4. The molecule has 17 heteroatoms. The van der Waals surface area contributed by atoms with Gasteiger partial charge in [-0.2, -0.15) is 0 Å². The minimum atomic E-state index is -1.48. The SMILES string of the molecule is CC(=O)N[C@@H](CC(=O)O)C(=O)N[C@H](CC(C)C)C(=O)N[C@@H](CC(=O)O)C(=O)NCCOCCOCCN=[N+]=[N-]. The number of ether oxygens (including phenoxy) is 2. The number of nitrogens with zero attached hydrogens (tertiary/aromatic N) is 3. The lowest BCUT2D eigenvalue weighted by molar-refractivity contribution is -0.141. The van der Waals surface area contributed by atoms with Crippen LogP contribution in [-0.4, -0.2) is 103 Å². The van der Waals surface area contributed by atoms with E-state index in [9.17, 15) is 33.9 Å². The van der Waals surface area contributed by atoms with Gasteiger partial charge in [-0.15, -0.1) is 0 Å². The van der Waals surface area contributed by atoms with Crippen LogP contribution in [-0.2, 0) is 38.2 Å². The van der Waals surface area contributed by atoms with Crippen molar-refractivity contribution in [3.8, 4) is 0 Å². The molecule has 0 bridgehead atoms. The highest BCUT2D eigenvalue weighted by Crippen LogP contribution is 2.07. The number of hydrogen-bond acceptors (Lipinski definition) is 9. The van der Waals surface area contributed by atoms with Gasteiger partial charge in [0.15, 0.2) is 0 Å². The van der Waals surface area contributed by atoms with Crippen LogP contribution in [0.5, 0.6) is 0 Å². The van der Waals surface area contributed by atoms with Crippen LogP contribution in [0.1, 0.15) is 40.0 Å². The quantitative estimate of drug-likeness (QED) is 0.0428. The third-order valence-corrected chi connectivity index (χ3v) is 4.74. The first-order chi connectivity index (χ1) is 18.4. The third-order valence-electron chi connectivity index (χ3n) is 4.74. The Morgan fingerprint density at radius 2 is 1.31 bits per heavy atom. The average Bonchev–Trinajstić information content (AvgIpc) is 2.82. The van der Waals surface area contributed by atoms with E-state index in [2.05, 4.69) is 31.3 Å². The Balaban J connectivity index is 5.08. The fourth-order valence-corrected chi connectivity index (χ4v) is 3.10. The summed E-state index contributed by atoms with van der Waals surface area (Å²) in [6, 6.07) is -4.17. The van der Waals surface area contributed by atoms with E-state index in [-0.39, 0.29) is 51.9 Å². The van der Waals surface area contributed by atoms with Gasteiger partial charge in [-0.1, -0.05) is 19.0 Å². The van der Waals surface area contributed by atoms with Crippen LogP contribution < -0.4 is 21.3 Å². The smallest absolute Gasteiger partial charge is 0.305 e. The number of rotatable bonds is 21. The zero-order valence-electron chi connectivity index (χ0n) is 22.2. The van der Waals surface area contributed by atoms with Gasteiger partial charge in [-0.05, 0) is 17.9 Å². The molecule has 0 radical (unpaired) electrons. The highest BCUT2D eigenvalue weighted by molar-refractivity contribution is 5.96. The van der Waals surface area contributed by atoms with Crippen LogP contribution in [0.25, 0.3) is 10.4 Å². The van der Waals surface area contributed by atoms with Crippen molar-refractivity contribution < 1.29 is 48.5 Å². The van der Waals surface area contributed by atoms with Crippen LogP contribution in [0, 0.1) is 5.92 Å². The van der Waals surface area contributed by atoms with E-state index in [1.165, 1.54) is 0 Å². The standard InChI is InChI=1S/C22H37N7O10/c1-13(2)10-15(27-22(37)17(12-19(33)34)26-14(3)30)21(36)28-16(11-18(31)32)20(35)24-4-6-38-8-9-39-7-5-25-29-23/h13,15-17H,4-12H2,1-3H3,(H,24,35)(H,26,30)(H,27,37)(H,28,36)(H,31,32)(H,33,34)/t15-,16+,17+/m1/s1. The summed E-state index contributed by atoms with van der Waals surface area (Å²) in [5, 5.41) is 30.9. The van der Waals surface area contributed by atoms with Gasteiger partial charge in [0.05, 0.1) is 39.3 Å². The van der Waals surface area contributed by atoms with Crippen molar-refractivity contribution in [3.05, 3.63) is 10.4 Å². The van der Waals surface area contributed by atoms with Crippen LogP contribution in [0.4, 0.5) is 0 Å². The first kappa shape index (κ1) is 35.0. The minimum Gasteiger partial charge on any atom is -0.481 e. The van der Waals surface area contributed by atoms with Crippen molar-refractivity contribution >= 4 is 35.6 Å². The number of carbonyl (C=O) groups is 6. The lowest BCUT2D eigenvalue weighted by Crippen LogP contribution is -2.57. The van der Waals surface area contributed by atoms with Crippen molar-refractivity contribution in [2.75, 3.05) is 39.5 Å². The van der Waals surface area contributed by atoms with Gasteiger partial charge in [-0.3, -0.25) is 28.8 Å². The molecular weight excluding hydrogens is 522 g/mol. The molecule has 0 aromatic heterocycles. The molecule has 0 aliphatic rings. The molecule has 0 spiro atoms. The Morgan fingerprint density at radius 3 is 1.82 bits per heavy atom. The van der Waals surface area contributed by atoms with E-state index >= 15 is 0 Å². The third kappa shape index (κ3) is 18.0. The van der Waals surface area contributed by atoms with E-state index in [0.717, 1.165) is 6.92 Å². The van der Waals surface area contributed by atoms with Crippen molar-refractivity contribution in [2.45, 2.75) is 58.2 Å². The zero-order valence-corrected chi connectivity index (χ0v) is 22.2. The molecule has 6 N–H and O–H groups in total. The Kier molecular flexibility index (Phi) is 18.0. The topological polar surface area (TPSA) is 258 Å². The molecule has 4 amide bonds. The number of aliphatic carboxylic acids is 2. The summed E-state index contributed by atoms with van der Waals surface area (Å²) in [4.78, 5) is 74.5. The molecule has 17 nitrogen and oxygen atoms in total. The largest absolute Gasteiger partial charge is 0.481 e. The number of carboxylic acid groups (broad SMARTS) is 2. The van der Waals surface area contributed by atoms with Crippen LogP contribution >= 0.6 is 0 Å². The first-order valence-electron chi connectivity index (χ1n) is 12.1. The summed E-state index contributed by atoms with van der Waals surface area (Å²) in [6.45, 7) is 5.51. The molecule has 0 fully saturated rings. The molecule has 0 aliphatic heterocycles. The number of nitrogens with one attached hydrogen (secondary N) is 4. The van der Waals surface area contributed by atoms with Crippen LogP contribution in [0.2, 0.25) is 0 Å². The predicted octanol–water partition coefficient (Wildman–Crippen LogP) is -1.08. The van der Waals surface area contributed by atoms with Crippen molar-refractivity contribution in [3.63, 3.8) is 0 Å². The summed E-state index contributed by atoms with van der Waals surface area (Å²) >= 11 is 0. The van der Waals surface area contributed by atoms with Gasteiger partial charge in [0.25, 0.3) is 0 Å². The van der Waals surface area contributed by atoms with E-state index in [0.29, 0.717) is 0 Å². The van der Waals surface area contributed by atoms with E-state index in [4.69, 9.17) is 20.1 Å². The Labute approximate surface area is 225 Å². The fourth-order valence-electron chi connectivity index (χ4n) is 3.10. The van der Waals surface area contributed by atoms with Gasteiger partial charge < -0.3 is 41.0 Å². The average molecular weight is 560 g/mol. The maximum atomic E-state index is 13.0. The Hall–Kier alpha value is -3.95. The molecular formula is C22H37N7O10. The molecule has 0 aliphatic carbocycles. The van der Waals surface area contributed by atoms with Crippen molar-refractivity contribution in [1.29, 1.82) is 0 Å². The molecule has 0 rings (SSSR count). The molecule has 0 saturated carbocycles. The minimum absolute atomic E-state index is 0.00327. The van der Waals surface area contributed by atoms with Gasteiger partial charge in [-0.25, -0.2) is 0 Å². The number of carbonyl (C=O) groups excluding carboxylic acids is 4. The molecule has 39 heavy (non-hydrogen) atoms. The molecule has 0 aromatic carbocycles. The predicted molar refractivity (Wildman–Crippen MR) is 134 cm³/mol. The van der Waals surface area contributed by atoms with Crippen LogP contribution in [0.15, 0.2) is 5.11 Å². The second kappa shape index (κ2) is 20.1. The van der Waals surface area contributed by atoms with E-state index in [1.54, 1.807) is 13.8 Å². The van der Waals surface area contributed by atoms with Gasteiger partial charge in [0.2, 0.25) is 23.6 Å². The monoisotopic (exact) mass is 559 g/mol. The van der Waals surface area contributed by atoms with Crippen molar-refractivity contribution in [1.82, 2.24) is 21.3 Å². The zero-order chi connectivity index (χ0) is 29.8. The normalized spacial score (nSPS) is 12.8. The lowest BCUT2D eigenvalue weighted by atomic mass is 10.0. The Bertz CT molecular complexity index is 876. The second-order valence-corrected chi connectivity index (χ2v) is 8.67. The second-order valence-electron chi connectivity index (χ2n) is 8.67. The molecule has 0 unspecified atom stereocenters. The Morgan fingerprint density at radius 1 is 0.795 bits per heavy atom. The van der Waals surface area contributed by atoms with Crippen LogP contribution in [0.3, 0.4) is 0 Å². The first-order valence-corrected chi connectivity index (χ1v) is 12.1. The fraction of sp³-hybridized carbons (Fsp3) is 0.727. The molecule has 0 aromatic rings. The van der Waals surface area contributed by atoms with E-state index in [1.807, 2.05) is 0 Å². The van der Waals surface area contributed by atoms with Gasteiger partial charge in [0.1, 0.15) is 18.1 Å². The molecule has 3 atom stereocenters. The van der Waals surface area contributed by atoms with Gasteiger partial charge in [0, 0.05) is 24.9 Å². The molecule has 220 valence electrons. The summed E-state index contributed by atoms with van der Waals surface area (Å²) in [6.07, 6.45) is -1.39. The summed E-state index contributed by atoms with van der Waals surface area (Å²) in [5.74, 6) is -6.07. The maximum absolute atomic E-state index is 13.0. The maximum Gasteiger partial charge on any atom is 0.305 e. The lowest BCUT2D eigenvalue weighted by Gasteiger charge is -2.25. The van der Waals surface area contributed by atoms with Gasteiger partial charge >= 0.3 is 11.9 Å².